The third-order valence-corrected chi connectivity index (χ3v) is 4.82. The van der Waals surface area contributed by atoms with E-state index < -0.39 is 0 Å². The van der Waals surface area contributed by atoms with E-state index in [1.165, 1.54) is 28.3 Å². The van der Waals surface area contributed by atoms with Crippen LogP contribution in [0.25, 0.3) is 11.3 Å². The number of ether oxygens (including phenoxy) is 1. The Morgan fingerprint density at radius 2 is 2.05 bits per heavy atom. The van der Waals surface area contributed by atoms with E-state index in [0.717, 1.165) is 43.5 Å². The van der Waals surface area contributed by atoms with Gasteiger partial charge in [0.2, 0.25) is 0 Å². The molecule has 2 aromatic rings. The number of hydrogen-bond donors (Lipinski definition) is 1. The smallest absolute Gasteiger partial charge is 0.119 e. The van der Waals surface area contributed by atoms with Crippen molar-refractivity contribution >= 4 is 11.3 Å². The molecule has 0 unspecified atom stereocenters. The minimum Gasteiger partial charge on any atom is -0.494 e. The zero-order chi connectivity index (χ0) is 15.4. The quantitative estimate of drug-likeness (QED) is 0.792. The maximum atomic E-state index is 5.64. The van der Waals surface area contributed by atoms with Crippen LogP contribution in [0.3, 0.4) is 0 Å². The highest BCUT2D eigenvalue weighted by Crippen LogP contribution is 2.29. The number of nitrogens with one attached hydrogen (secondary N) is 1. The monoisotopic (exact) mass is 316 g/mol. The van der Waals surface area contributed by atoms with E-state index in [0.29, 0.717) is 0 Å². The molecule has 3 rings (SSSR count). The number of hydrogen-bond acceptors (Lipinski definition) is 4. The van der Waals surface area contributed by atoms with Crippen molar-refractivity contribution in [2.24, 2.45) is 0 Å². The van der Waals surface area contributed by atoms with Gasteiger partial charge in [-0.25, -0.2) is 4.98 Å². The minimum absolute atomic E-state index is 0.771. The average Bonchev–Trinajstić information content (AvgIpc) is 3.28. The molecule has 3 nitrogen and oxygen atoms in total. The van der Waals surface area contributed by atoms with Crippen LogP contribution in [0.2, 0.25) is 0 Å². The summed E-state index contributed by atoms with van der Waals surface area (Å²) in [6.07, 6.45) is 4.74. The number of nitrogens with zero attached hydrogens (tertiary/aromatic N) is 1. The third kappa shape index (κ3) is 4.08. The molecule has 0 aliphatic heterocycles. The molecular weight excluding hydrogens is 292 g/mol. The Kier molecular flexibility index (Phi) is 5.11. The van der Waals surface area contributed by atoms with Crippen LogP contribution >= 0.6 is 11.3 Å². The molecule has 0 atom stereocenters. The number of aryl methyl sites for hydroxylation is 1. The molecule has 1 aromatic heterocycles. The predicted octanol–water partition coefficient (Wildman–Crippen LogP) is 4.20. The summed E-state index contributed by atoms with van der Waals surface area (Å²) in [5.41, 5.74) is 2.30. The van der Waals surface area contributed by atoms with Gasteiger partial charge in [-0.1, -0.05) is 6.92 Å². The lowest BCUT2D eigenvalue weighted by atomic mass is 10.1. The highest BCUT2D eigenvalue weighted by atomic mass is 32.1. The van der Waals surface area contributed by atoms with E-state index in [1.54, 1.807) is 0 Å². The van der Waals surface area contributed by atoms with Gasteiger partial charge in [0.25, 0.3) is 0 Å². The summed E-state index contributed by atoms with van der Waals surface area (Å²) in [6, 6.07) is 9.07. The van der Waals surface area contributed by atoms with Gasteiger partial charge in [0.05, 0.1) is 17.3 Å². The van der Waals surface area contributed by atoms with Crippen LogP contribution in [-0.4, -0.2) is 24.2 Å². The van der Waals surface area contributed by atoms with Gasteiger partial charge in [0, 0.05) is 29.4 Å². The van der Waals surface area contributed by atoms with E-state index >= 15 is 0 Å². The van der Waals surface area contributed by atoms with Gasteiger partial charge < -0.3 is 10.1 Å². The van der Waals surface area contributed by atoms with Crippen molar-refractivity contribution in [1.82, 2.24) is 10.3 Å². The van der Waals surface area contributed by atoms with Crippen molar-refractivity contribution in [3.63, 3.8) is 0 Å². The molecule has 1 N–H and O–H groups in total. The lowest BCUT2D eigenvalue weighted by Gasteiger charge is -2.05. The van der Waals surface area contributed by atoms with Crippen LogP contribution in [0.1, 0.15) is 36.1 Å². The molecular formula is C18H24N2OS. The first-order valence-corrected chi connectivity index (χ1v) is 9.01. The molecule has 1 heterocycles. The van der Waals surface area contributed by atoms with E-state index in [1.807, 2.05) is 23.5 Å². The van der Waals surface area contributed by atoms with Crippen LogP contribution in [0.5, 0.6) is 5.75 Å². The summed E-state index contributed by atoms with van der Waals surface area (Å²) < 4.78 is 5.64. The Morgan fingerprint density at radius 3 is 2.73 bits per heavy atom. The second-order valence-electron chi connectivity index (χ2n) is 5.86. The molecule has 0 radical (unpaired) electrons. The van der Waals surface area contributed by atoms with Gasteiger partial charge >= 0.3 is 0 Å². The Morgan fingerprint density at radius 1 is 1.27 bits per heavy atom. The molecule has 0 spiro atoms. The summed E-state index contributed by atoms with van der Waals surface area (Å²) in [5, 5.41) is 4.78. The largest absolute Gasteiger partial charge is 0.494 e. The van der Waals surface area contributed by atoms with Crippen molar-refractivity contribution < 1.29 is 4.74 Å². The highest BCUT2D eigenvalue weighted by molar-refractivity contribution is 7.12. The standard InChI is InChI=1S/C18H24N2OS/c1-3-12-21-16-8-4-14(5-9-16)18-13(2)22-17(20-18)10-11-19-15-6-7-15/h4-5,8-9,15,19H,3,6-7,10-12H2,1-2H3. The number of aromatic nitrogens is 1. The fraction of sp³-hybridized carbons (Fsp3) is 0.500. The zero-order valence-corrected chi connectivity index (χ0v) is 14.2. The molecule has 1 aliphatic carbocycles. The molecule has 1 saturated carbocycles. The molecule has 0 saturated heterocycles. The molecule has 0 amide bonds. The molecule has 4 heteroatoms. The molecule has 1 aliphatic rings. The topological polar surface area (TPSA) is 34.1 Å². The molecule has 1 aromatic carbocycles. The number of rotatable bonds is 8. The lowest BCUT2D eigenvalue weighted by Crippen LogP contribution is -2.19. The van der Waals surface area contributed by atoms with Crippen LogP contribution in [0.4, 0.5) is 0 Å². The van der Waals surface area contributed by atoms with Crippen molar-refractivity contribution in [2.75, 3.05) is 13.2 Å². The Hall–Kier alpha value is -1.39. The lowest BCUT2D eigenvalue weighted by molar-refractivity contribution is 0.317. The average molecular weight is 316 g/mol. The highest BCUT2D eigenvalue weighted by Gasteiger charge is 2.20. The summed E-state index contributed by atoms with van der Waals surface area (Å²) in [6.45, 7) is 6.09. The van der Waals surface area contributed by atoms with Crippen LogP contribution in [0, 0.1) is 6.92 Å². The molecule has 118 valence electrons. The second kappa shape index (κ2) is 7.25. The summed E-state index contributed by atoms with van der Waals surface area (Å²) in [4.78, 5) is 6.12. The van der Waals surface area contributed by atoms with Crippen LogP contribution < -0.4 is 10.1 Å². The maximum absolute atomic E-state index is 5.64. The predicted molar refractivity (Wildman–Crippen MR) is 92.8 cm³/mol. The first kappa shape index (κ1) is 15.5. The Labute approximate surface area is 136 Å². The Bertz CT molecular complexity index is 602. The van der Waals surface area contributed by atoms with Crippen molar-refractivity contribution in [3.8, 4) is 17.0 Å². The van der Waals surface area contributed by atoms with Gasteiger partial charge in [-0.05, 0) is 50.5 Å². The molecule has 1 fully saturated rings. The molecule has 0 bridgehead atoms. The van der Waals surface area contributed by atoms with E-state index in [9.17, 15) is 0 Å². The zero-order valence-electron chi connectivity index (χ0n) is 13.4. The summed E-state index contributed by atoms with van der Waals surface area (Å²) >= 11 is 1.82. The van der Waals surface area contributed by atoms with Crippen molar-refractivity contribution in [2.45, 2.75) is 45.6 Å². The van der Waals surface area contributed by atoms with Gasteiger partial charge in [-0.3, -0.25) is 0 Å². The second-order valence-corrected chi connectivity index (χ2v) is 7.15. The van der Waals surface area contributed by atoms with Crippen molar-refractivity contribution in [3.05, 3.63) is 34.2 Å². The fourth-order valence-corrected chi connectivity index (χ4v) is 3.38. The SMILES string of the molecule is CCCOc1ccc(-c2nc(CCNC3CC3)sc2C)cc1. The first-order valence-electron chi connectivity index (χ1n) is 8.19. The van der Waals surface area contributed by atoms with E-state index in [4.69, 9.17) is 9.72 Å². The van der Waals surface area contributed by atoms with Crippen LogP contribution in [0.15, 0.2) is 24.3 Å². The van der Waals surface area contributed by atoms with Gasteiger partial charge in [0.15, 0.2) is 0 Å². The molecule has 22 heavy (non-hydrogen) atoms. The van der Waals surface area contributed by atoms with Crippen LogP contribution in [-0.2, 0) is 6.42 Å². The maximum Gasteiger partial charge on any atom is 0.119 e. The fourth-order valence-electron chi connectivity index (χ4n) is 2.43. The third-order valence-electron chi connectivity index (χ3n) is 3.79. The van der Waals surface area contributed by atoms with Crippen molar-refractivity contribution in [1.29, 1.82) is 0 Å². The van der Waals surface area contributed by atoms with E-state index in [-0.39, 0.29) is 0 Å². The van der Waals surface area contributed by atoms with Gasteiger partial charge in [-0.15, -0.1) is 11.3 Å². The first-order chi connectivity index (χ1) is 10.8. The summed E-state index contributed by atoms with van der Waals surface area (Å²) in [5.74, 6) is 0.937. The van der Waals surface area contributed by atoms with Gasteiger partial charge in [0.1, 0.15) is 5.75 Å². The normalized spacial score (nSPS) is 14.3. The van der Waals surface area contributed by atoms with E-state index in [2.05, 4.69) is 31.3 Å². The summed E-state index contributed by atoms with van der Waals surface area (Å²) in [7, 11) is 0. The van der Waals surface area contributed by atoms with Gasteiger partial charge in [-0.2, -0.15) is 0 Å². The minimum atomic E-state index is 0.771. The number of benzene rings is 1. The Balaban J connectivity index is 1.63. The number of thiazole rings is 1.